The van der Waals surface area contributed by atoms with Gasteiger partial charge in [-0.15, -0.1) is 0 Å². The maximum atomic E-state index is 13.4. The van der Waals surface area contributed by atoms with Crippen molar-refractivity contribution in [3.63, 3.8) is 0 Å². The number of carbonyl (C=O) groups excluding carboxylic acids is 1. The molecule has 4 aromatic rings. The third kappa shape index (κ3) is 2.20. The fourth-order valence-electron chi connectivity index (χ4n) is 3.86. The molecule has 5 nitrogen and oxygen atoms in total. The number of aromatic nitrogens is 3. The molecular formula is C21H18N4O. The lowest BCUT2D eigenvalue weighted by atomic mass is 10.0. The van der Waals surface area contributed by atoms with E-state index in [4.69, 9.17) is 0 Å². The van der Waals surface area contributed by atoms with Gasteiger partial charge in [0.25, 0.3) is 5.91 Å². The van der Waals surface area contributed by atoms with Gasteiger partial charge in [-0.05, 0) is 25.0 Å². The Morgan fingerprint density at radius 1 is 0.923 bits per heavy atom. The third-order valence-electron chi connectivity index (χ3n) is 5.08. The van der Waals surface area contributed by atoms with Crippen LogP contribution in [-0.4, -0.2) is 38.3 Å². The molecule has 1 saturated heterocycles. The summed E-state index contributed by atoms with van der Waals surface area (Å²) in [6.07, 6.45) is 5.67. The summed E-state index contributed by atoms with van der Waals surface area (Å²) in [6.45, 7) is 1.64. The smallest absolute Gasteiger partial charge is 0.256 e. The van der Waals surface area contributed by atoms with Crippen molar-refractivity contribution in [3.05, 3.63) is 66.6 Å². The van der Waals surface area contributed by atoms with Crippen LogP contribution in [0.15, 0.2) is 61.1 Å². The lowest BCUT2D eigenvalue weighted by Crippen LogP contribution is -2.27. The average molecular weight is 342 g/mol. The zero-order valence-corrected chi connectivity index (χ0v) is 14.3. The summed E-state index contributed by atoms with van der Waals surface area (Å²) >= 11 is 0. The number of rotatable bonds is 2. The van der Waals surface area contributed by atoms with Crippen LogP contribution in [0.5, 0.6) is 0 Å². The van der Waals surface area contributed by atoms with Gasteiger partial charge in [-0.1, -0.05) is 36.4 Å². The van der Waals surface area contributed by atoms with E-state index in [0.29, 0.717) is 5.56 Å². The van der Waals surface area contributed by atoms with Crippen molar-refractivity contribution in [1.29, 1.82) is 0 Å². The first-order valence-corrected chi connectivity index (χ1v) is 8.93. The molecule has 0 bridgehead atoms. The topological polar surface area (TPSA) is 50.5 Å². The minimum Gasteiger partial charge on any atom is -0.339 e. The molecule has 0 saturated carbocycles. The fraction of sp³-hybridized carbons (Fsp3) is 0.190. The van der Waals surface area contributed by atoms with Crippen molar-refractivity contribution in [1.82, 2.24) is 19.3 Å². The Balaban J connectivity index is 1.87. The van der Waals surface area contributed by atoms with E-state index in [0.717, 1.165) is 53.7 Å². The number of pyridine rings is 1. The second-order valence-electron chi connectivity index (χ2n) is 6.62. The zero-order chi connectivity index (χ0) is 17.5. The molecule has 128 valence electrons. The van der Waals surface area contributed by atoms with Crippen LogP contribution in [0.2, 0.25) is 0 Å². The van der Waals surface area contributed by atoms with Crippen molar-refractivity contribution < 1.29 is 4.79 Å². The van der Waals surface area contributed by atoms with Crippen LogP contribution >= 0.6 is 0 Å². The lowest BCUT2D eigenvalue weighted by Gasteiger charge is -2.15. The van der Waals surface area contributed by atoms with E-state index in [1.165, 1.54) is 0 Å². The molecule has 0 atom stereocenters. The molecule has 1 aliphatic heterocycles. The van der Waals surface area contributed by atoms with Crippen LogP contribution in [0.4, 0.5) is 0 Å². The Kier molecular flexibility index (Phi) is 3.45. The quantitative estimate of drug-likeness (QED) is 0.557. The Morgan fingerprint density at radius 2 is 1.69 bits per heavy atom. The number of fused-ring (bicyclic) bond motifs is 3. The molecule has 0 spiro atoms. The molecule has 5 heteroatoms. The van der Waals surface area contributed by atoms with Gasteiger partial charge in [-0.3, -0.25) is 4.79 Å². The van der Waals surface area contributed by atoms with Crippen LogP contribution in [0.3, 0.4) is 0 Å². The zero-order valence-electron chi connectivity index (χ0n) is 14.3. The highest BCUT2D eigenvalue weighted by molar-refractivity contribution is 6.16. The second kappa shape index (κ2) is 5.95. The number of likely N-dealkylation sites (tertiary alicyclic amines) is 1. The first kappa shape index (κ1) is 15.1. The predicted molar refractivity (Wildman–Crippen MR) is 101 cm³/mol. The van der Waals surface area contributed by atoms with Crippen molar-refractivity contribution in [2.75, 3.05) is 13.1 Å². The minimum absolute atomic E-state index is 0.0770. The number of carbonyl (C=O) groups is 1. The van der Waals surface area contributed by atoms with Crippen molar-refractivity contribution in [2.45, 2.75) is 12.8 Å². The number of hydrogen-bond donors (Lipinski definition) is 0. The molecule has 0 radical (unpaired) electrons. The number of benzene rings is 1. The van der Waals surface area contributed by atoms with Gasteiger partial charge < -0.3 is 9.30 Å². The molecule has 1 amide bonds. The van der Waals surface area contributed by atoms with Gasteiger partial charge in [-0.2, -0.15) is 0 Å². The molecule has 3 aromatic heterocycles. The van der Waals surface area contributed by atoms with E-state index in [9.17, 15) is 4.79 Å². The SMILES string of the molecule is O=C(c1c2c(-c3ccccc3)ncnc2n2ccccc12)N1CCCC1. The summed E-state index contributed by atoms with van der Waals surface area (Å²) in [4.78, 5) is 24.4. The van der Waals surface area contributed by atoms with E-state index in [1.807, 2.05) is 64.0 Å². The summed E-state index contributed by atoms with van der Waals surface area (Å²) in [5, 5.41) is 0.835. The van der Waals surface area contributed by atoms with Crippen LogP contribution < -0.4 is 0 Å². The molecule has 1 aliphatic rings. The highest BCUT2D eigenvalue weighted by Crippen LogP contribution is 2.33. The molecule has 26 heavy (non-hydrogen) atoms. The van der Waals surface area contributed by atoms with E-state index in [2.05, 4.69) is 9.97 Å². The largest absolute Gasteiger partial charge is 0.339 e. The van der Waals surface area contributed by atoms with Crippen molar-refractivity contribution >= 4 is 22.5 Å². The highest BCUT2D eigenvalue weighted by Gasteiger charge is 2.27. The molecule has 1 aromatic carbocycles. The molecule has 0 N–H and O–H groups in total. The van der Waals surface area contributed by atoms with Gasteiger partial charge in [-0.25, -0.2) is 9.97 Å². The van der Waals surface area contributed by atoms with Crippen LogP contribution in [-0.2, 0) is 0 Å². The Hall–Kier alpha value is -3.21. The lowest BCUT2D eigenvalue weighted by molar-refractivity contribution is 0.0796. The maximum absolute atomic E-state index is 13.4. The summed E-state index contributed by atoms with van der Waals surface area (Å²) in [5.41, 5.74) is 4.17. The third-order valence-corrected chi connectivity index (χ3v) is 5.08. The first-order chi connectivity index (χ1) is 12.8. The standard InChI is InChI=1S/C21H18N4O/c26-21(24-11-6-7-12-24)17-16-10-4-5-13-25(16)20-18(17)19(22-14-23-20)15-8-2-1-3-9-15/h1-5,8-10,13-14H,6-7,11-12H2. The average Bonchev–Trinajstić information content (AvgIpc) is 3.34. The summed E-state index contributed by atoms with van der Waals surface area (Å²) in [5.74, 6) is 0.0770. The van der Waals surface area contributed by atoms with E-state index < -0.39 is 0 Å². The molecule has 0 aliphatic carbocycles. The molecule has 4 heterocycles. The van der Waals surface area contributed by atoms with Crippen molar-refractivity contribution in [3.8, 4) is 11.3 Å². The van der Waals surface area contributed by atoms with Crippen LogP contribution in [0, 0.1) is 0 Å². The normalized spacial score (nSPS) is 14.4. The van der Waals surface area contributed by atoms with Crippen LogP contribution in [0.25, 0.3) is 27.8 Å². The van der Waals surface area contributed by atoms with E-state index in [-0.39, 0.29) is 5.91 Å². The number of hydrogen-bond acceptors (Lipinski definition) is 3. The Bertz CT molecular complexity index is 1110. The van der Waals surface area contributed by atoms with Gasteiger partial charge in [0.05, 0.1) is 22.2 Å². The van der Waals surface area contributed by atoms with E-state index >= 15 is 0 Å². The molecule has 0 unspecified atom stereocenters. The van der Waals surface area contributed by atoms with Gasteiger partial charge in [0.2, 0.25) is 0 Å². The van der Waals surface area contributed by atoms with Gasteiger partial charge in [0, 0.05) is 24.8 Å². The second-order valence-corrected chi connectivity index (χ2v) is 6.62. The monoisotopic (exact) mass is 342 g/mol. The summed E-state index contributed by atoms with van der Waals surface area (Å²) < 4.78 is 1.99. The molecule has 1 fully saturated rings. The minimum atomic E-state index is 0.0770. The van der Waals surface area contributed by atoms with Crippen LogP contribution in [0.1, 0.15) is 23.2 Å². The maximum Gasteiger partial charge on any atom is 0.256 e. The van der Waals surface area contributed by atoms with Gasteiger partial charge in [0.15, 0.2) is 0 Å². The molecular weight excluding hydrogens is 324 g/mol. The molecule has 5 rings (SSSR count). The Labute approximate surface area is 150 Å². The van der Waals surface area contributed by atoms with E-state index in [1.54, 1.807) is 6.33 Å². The Morgan fingerprint density at radius 3 is 2.50 bits per heavy atom. The predicted octanol–water partition coefficient (Wildman–Crippen LogP) is 3.79. The number of amides is 1. The summed E-state index contributed by atoms with van der Waals surface area (Å²) in [6, 6.07) is 15.9. The summed E-state index contributed by atoms with van der Waals surface area (Å²) in [7, 11) is 0. The first-order valence-electron chi connectivity index (χ1n) is 8.93. The van der Waals surface area contributed by atoms with Gasteiger partial charge >= 0.3 is 0 Å². The highest BCUT2D eigenvalue weighted by atomic mass is 16.2. The number of nitrogens with zero attached hydrogens (tertiary/aromatic N) is 4. The van der Waals surface area contributed by atoms with Crippen molar-refractivity contribution in [2.24, 2.45) is 0 Å². The fourth-order valence-corrected chi connectivity index (χ4v) is 3.86. The van der Waals surface area contributed by atoms with Gasteiger partial charge in [0.1, 0.15) is 12.0 Å².